The fourth-order valence-corrected chi connectivity index (χ4v) is 3.25. The van der Waals surface area contributed by atoms with Crippen LogP contribution < -0.4 is 11.3 Å². The number of aryl methyl sites for hydroxylation is 2. The molecule has 2 heterocycles. The zero-order valence-electron chi connectivity index (χ0n) is 12.4. The van der Waals surface area contributed by atoms with E-state index in [4.69, 9.17) is 22.2 Å². The van der Waals surface area contributed by atoms with Crippen LogP contribution >= 0.6 is 11.6 Å². The van der Waals surface area contributed by atoms with Crippen molar-refractivity contribution in [3.05, 3.63) is 16.4 Å². The van der Waals surface area contributed by atoms with Gasteiger partial charge in [-0.3, -0.25) is 16.0 Å². The highest BCUT2D eigenvalue weighted by Crippen LogP contribution is 2.26. The third-order valence-corrected chi connectivity index (χ3v) is 4.59. The highest BCUT2D eigenvalue weighted by molar-refractivity contribution is 6.31. The second-order valence-corrected chi connectivity index (χ2v) is 5.68. The van der Waals surface area contributed by atoms with E-state index in [1.165, 1.54) is 0 Å². The Bertz CT molecular complexity index is 429. The van der Waals surface area contributed by atoms with Crippen LogP contribution in [0, 0.1) is 5.92 Å². The minimum absolute atomic E-state index is 0.225. The van der Waals surface area contributed by atoms with Crippen molar-refractivity contribution in [2.75, 3.05) is 13.2 Å². The van der Waals surface area contributed by atoms with E-state index in [1.54, 1.807) is 0 Å². The Morgan fingerprint density at radius 3 is 2.70 bits per heavy atom. The monoisotopic (exact) mass is 300 g/mol. The number of nitrogens with zero attached hydrogens (tertiary/aromatic N) is 2. The zero-order valence-corrected chi connectivity index (χ0v) is 13.1. The van der Waals surface area contributed by atoms with E-state index < -0.39 is 0 Å². The van der Waals surface area contributed by atoms with Crippen molar-refractivity contribution in [1.29, 1.82) is 0 Å². The molecule has 0 aliphatic carbocycles. The van der Waals surface area contributed by atoms with Crippen molar-refractivity contribution >= 4 is 11.6 Å². The van der Waals surface area contributed by atoms with Gasteiger partial charge in [-0.25, -0.2) is 0 Å². The Hall–Kier alpha value is -0.620. The molecule has 6 heteroatoms. The highest BCUT2D eigenvalue weighted by Gasteiger charge is 2.26. The van der Waals surface area contributed by atoms with Crippen molar-refractivity contribution in [1.82, 2.24) is 15.2 Å². The first-order chi connectivity index (χ1) is 9.71. The predicted octanol–water partition coefficient (Wildman–Crippen LogP) is 1.92. The van der Waals surface area contributed by atoms with Gasteiger partial charge in [-0.15, -0.1) is 0 Å². The molecular weight excluding hydrogens is 276 g/mol. The molecule has 20 heavy (non-hydrogen) atoms. The summed E-state index contributed by atoms with van der Waals surface area (Å²) < 4.78 is 7.43. The van der Waals surface area contributed by atoms with Crippen LogP contribution in [0.25, 0.3) is 0 Å². The number of ether oxygens (including phenoxy) is 1. The first kappa shape index (κ1) is 15.8. The molecule has 1 atom stereocenters. The van der Waals surface area contributed by atoms with Gasteiger partial charge >= 0.3 is 0 Å². The molecule has 0 bridgehead atoms. The van der Waals surface area contributed by atoms with E-state index in [0.29, 0.717) is 5.92 Å². The second kappa shape index (κ2) is 7.41. The first-order valence-electron chi connectivity index (χ1n) is 7.49. The van der Waals surface area contributed by atoms with E-state index >= 15 is 0 Å². The van der Waals surface area contributed by atoms with Gasteiger partial charge < -0.3 is 4.74 Å². The fourth-order valence-electron chi connectivity index (χ4n) is 2.90. The Morgan fingerprint density at radius 2 is 2.15 bits per heavy atom. The average Bonchev–Trinajstić information content (AvgIpc) is 2.81. The summed E-state index contributed by atoms with van der Waals surface area (Å²) in [6, 6.07) is 0.225. The Labute approximate surface area is 125 Å². The third kappa shape index (κ3) is 3.34. The normalized spacial score (nSPS) is 18.4. The molecule has 1 aromatic heterocycles. The summed E-state index contributed by atoms with van der Waals surface area (Å²) in [4.78, 5) is 0. The van der Waals surface area contributed by atoms with Crippen molar-refractivity contribution in [3.63, 3.8) is 0 Å². The van der Waals surface area contributed by atoms with Gasteiger partial charge in [-0.05, 0) is 32.1 Å². The minimum atomic E-state index is 0.225. The maximum absolute atomic E-state index is 6.47. The van der Waals surface area contributed by atoms with Crippen LogP contribution in [-0.2, 0) is 24.1 Å². The minimum Gasteiger partial charge on any atom is -0.381 e. The molecular formula is C14H25ClN4O. The van der Waals surface area contributed by atoms with Crippen LogP contribution in [0.15, 0.2) is 0 Å². The number of hydrazine groups is 1. The molecule has 114 valence electrons. The van der Waals surface area contributed by atoms with E-state index in [-0.39, 0.29) is 6.04 Å². The fraction of sp³-hybridized carbons (Fsp3) is 0.786. The molecule has 2 rings (SSSR count). The average molecular weight is 301 g/mol. The predicted molar refractivity (Wildman–Crippen MR) is 80.6 cm³/mol. The Morgan fingerprint density at radius 1 is 1.45 bits per heavy atom. The largest absolute Gasteiger partial charge is 0.381 e. The van der Waals surface area contributed by atoms with Crippen LogP contribution in [0.3, 0.4) is 0 Å². The lowest BCUT2D eigenvalue weighted by atomic mass is 9.89. The molecule has 0 saturated carbocycles. The zero-order chi connectivity index (χ0) is 14.5. The smallest absolute Gasteiger partial charge is 0.0850 e. The molecule has 1 aliphatic heterocycles. The van der Waals surface area contributed by atoms with Gasteiger partial charge in [0, 0.05) is 32.2 Å². The molecule has 5 nitrogen and oxygen atoms in total. The summed E-state index contributed by atoms with van der Waals surface area (Å²) in [5.74, 6) is 6.31. The van der Waals surface area contributed by atoms with Crippen molar-refractivity contribution in [2.45, 2.75) is 52.1 Å². The second-order valence-electron chi connectivity index (χ2n) is 5.30. The summed E-state index contributed by atoms with van der Waals surface area (Å²) in [5.41, 5.74) is 5.05. The lowest BCUT2D eigenvalue weighted by molar-refractivity contribution is 0.0535. The molecule has 1 unspecified atom stereocenters. The van der Waals surface area contributed by atoms with Crippen LogP contribution in [0.5, 0.6) is 0 Å². The Balaban J connectivity index is 2.15. The van der Waals surface area contributed by atoms with Crippen LogP contribution in [0.1, 0.15) is 38.1 Å². The lowest BCUT2D eigenvalue weighted by Crippen LogP contribution is -2.44. The standard InChI is InChI=1S/C14H25ClN4O/c1-3-11-14(15)13(19(4-2)18-11)9-12(17-16)10-5-7-20-8-6-10/h10,12,17H,3-9,16H2,1-2H3. The van der Waals surface area contributed by atoms with Crippen molar-refractivity contribution in [2.24, 2.45) is 11.8 Å². The van der Waals surface area contributed by atoms with Gasteiger partial charge in [0.05, 0.1) is 16.4 Å². The van der Waals surface area contributed by atoms with Crippen LogP contribution in [-0.4, -0.2) is 29.0 Å². The van der Waals surface area contributed by atoms with Gasteiger partial charge in [0.25, 0.3) is 0 Å². The highest BCUT2D eigenvalue weighted by atomic mass is 35.5. The van der Waals surface area contributed by atoms with E-state index in [2.05, 4.69) is 24.4 Å². The number of nitrogens with one attached hydrogen (secondary N) is 1. The molecule has 0 amide bonds. The SMILES string of the molecule is CCc1nn(CC)c(CC(NN)C2CCOCC2)c1Cl. The van der Waals surface area contributed by atoms with Gasteiger partial charge in [0.2, 0.25) is 0 Å². The first-order valence-corrected chi connectivity index (χ1v) is 7.86. The molecule has 0 radical (unpaired) electrons. The summed E-state index contributed by atoms with van der Waals surface area (Å²) in [6.07, 6.45) is 3.78. The van der Waals surface area contributed by atoms with Gasteiger partial charge in [0.1, 0.15) is 0 Å². The van der Waals surface area contributed by atoms with Crippen molar-refractivity contribution in [3.8, 4) is 0 Å². The molecule has 1 saturated heterocycles. The van der Waals surface area contributed by atoms with Crippen LogP contribution in [0.2, 0.25) is 5.02 Å². The summed E-state index contributed by atoms with van der Waals surface area (Å²) >= 11 is 6.47. The molecule has 1 aliphatic rings. The lowest BCUT2D eigenvalue weighted by Gasteiger charge is -2.30. The van der Waals surface area contributed by atoms with Gasteiger partial charge in [-0.1, -0.05) is 18.5 Å². The van der Waals surface area contributed by atoms with E-state index in [9.17, 15) is 0 Å². The number of rotatable bonds is 6. The maximum atomic E-state index is 6.47. The number of hydrogen-bond donors (Lipinski definition) is 2. The number of hydrogen-bond acceptors (Lipinski definition) is 4. The molecule has 1 fully saturated rings. The molecule has 0 spiro atoms. The number of aromatic nitrogens is 2. The van der Waals surface area contributed by atoms with Gasteiger partial charge in [0.15, 0.2) is 0 Å². The van der Waals surface area contributed by atoms with E-state index in [1.807, 2.05) is 4.68 Å². The van der Waals surface area contributed by atoms with Crippen LogP contribution in [0.4, 0.5) is 0 Å². The number of nitrogens with two attached hydrogens (primary N) is 1. The topological polar surface area (TPSA) is 65.1 Å². The van der Waals surface area contributed by atoms with E-state index in [0.717, 1.165) is 61.9 Å². The third-order valence-electron chi connectivity index (χ3n) is 4.16. The summed E-state index contributed by atoms with van der Waals surface area (Å²) in [7, 11) is 0. The van der Waals surface area contributed by atoms with Crippen molar-refractivity contribution < 1.29 is 4.74 Å². The number of halogens is 1. The Kier molecular flexibility index (Phi) is 5.84. The molecule has 1 aromatic rings. The molecule has 3 N–H and O–H groups in total. The maximum Gasteiger partial charge on any atom is 0.0850 e. The summed E-state index contributed by atoms with van der Waals surface area (Å²) in [6.45, 7) is 6.65. The quantitative estimate of drug-likeness (QED) is 0.622. The van der Waals surface area contributed by atoms with Gasteiger partial charge in [-0.2, -0.15) is 5.10 Å². The summed E-state index contributed by atoms with van der Waals surface area (Å²) in [5, 5.41) is 5.38. The molecule has 0 aromatic carbocycles.